The minimum Gasteiger partial charge on any atom is -0.304 e. The average Bonchev–Trinajstić information content (AvgIpc) is 3.12. The highest BCUT2D eigenvalue weighted by Crippen LogP contribution is 2.29. The van der Waals surface area contributed by atoms with E-state index in [0.717, 1.165) is 33.8 Å². The number of aromatic nitrogens is 3. The second-order valence-corrected chi connectivity index (χ2v) is 11.9. The van der Waals surface area contributed by atoms with Gasteiger partial charge in [0, 0.05) is 39.1 Å². The van der Waals surface area contributed by atoms with Crippen LogP contribution in [0.4, 0.5) is 0 Å². The fraction of sp³-hybridized carbons (Fsp3) is 0.625. The predicted octanol–water partition coefficient (Wildman–Crippen LogP) is 2.93. The molecule has 0 aromatic carbocycles. The molecule has 4 rings (SSSR count). The lowest BCUT2D eigenvalue weighted by Gasteiger charge is -2.33. The summed E-state index contributed by atoms with van der Waals surface area (Å²) in [5.41, 5.74) is 0. The van der Waals surface area contributed by atoms with Gasteiger partial charge in [-0.05, 0) is 53.1 Å². The standard InChI is InChI=1S/C16H22BrN5O2S3/c17-13-5-6-15(26-13)27(23,24)20-10-8-19(9-11-20)12-22-16(25)21-7-3-1-2-4-14(21)18-22/h5-6H,1-4,7-12H2. The Morgan fingerprint density at radius 1 is 1.11 bits per heavy atom. The molecule has 4 heterocycles. The molecule has 0 radical (unpaired) electrons. The Morgan fingerprint density at radius 2 is 1.89 bits per heavy atom. The lowest BCUT2D eigenvalue weighted by atomic mass is 10.2. The molecule has 0 saturated carbocycles. The number of halogens is 1. The maximum absolute atomic E-state index is 12.7. The number of hydrogen-bond donors (Lipinski definition) is 0. The van der Waals surface area contributed by atoms with Crippen molar-refractivity contribution in [3.05, 3.63) is 26.5 Å². The van der Waals surface area contributed by atoms with Crippen LogP contribution in [0, 0.1) is 4.77 Å². The molecule has 0 amide bonds. The number of hydrogen-bond acceptors (Lipinski definition) is 6. The summed E-state index contributed by atoms with van der Waals surface area (Å²) in [4.78, 5) is 2.22. The Bertz CT molecular complexity index is 973. The highest BCUT2D eigenvalue weighted by molar-refractivity contribution is 9.11. The van der Waals surface area contributed by atoms with E-state index in [-0.39, 0.29) is 0 Å². The van der Waals surface area contributed by atoms with E-state index in [0.29, 0.717) is 37.1 Å². The first-order valence-corrected chi connectivity index (χ1v) is 12.6. The molecule has 0 unspecified atom stereocenters. The second kappa shape index (κ2) is 8.03. The highest BCUT2D eigenvalue weighted by atomic mass is 79.9. The quantitative estimate of drug-likeness (QED) is 0.615. The summed E-state index contributed by atoms with van der Waals surface area (Å²) in [6, 6.07) is 3.44. The lowest BCUT2D eigenvalue weighted by molar-refractivity contribution is 0.144. The molecule has 0 aliphatic carbocycles. The molecule has 2 aromatic heterocycles. The normalized spacial score (nSPS) is 19.7. The zero-order valence-electron chi connectivity index (χ0n) is 14.9. The van der Waals surface area contributed by atoms with Crippen molar-refractivity contribution in [2.24, 2.45) is 0 Å². The zero-order chi connectivity index (χ0) is 19.0. The Hall–Kier alpha value is -0.590. The van der Waals surface area contributed by atoms with E-state index < -0.39 is 10.0 Å². The fourth-order valence-corrected chi connectivity index (χ4v) is 7.46. The summed E-state index contributed by atoms with van der Waals surface area (Å²) in [7, 11) is -3.40. The molecule has 2 aliphatic rings. The van der Waals surface area contributed by atoms with Gasteiger partial charge in [-0.25, -0.2) is 13.1 Å². The van der Waals surface area contributed by atoms with Gasteiger partial charge in [0.1, 0.15) is 10.0 Å². The monoisotopic (exact) mass is 491 g/mol. The van der Waals surface area contributed by atoms with Crippen molar-refractivity contribution in [2.45, 2.75) is 43.1 Å². The van der Waals surface area contributed by atoms with Crippen LogP contribution >= 0.6 is 39.5 Å². The fourth-order valence-electron chi connectivity index (χ4n) is 3.58. The van der Waals surface area contributed by atoms with Crippen LogP contribution in [0.3, 0.4) is 0 Å². The molecule has 11 heteroatoms. The van der Waals surface area contributed by atoms with E-state index in [2.05, 4.69) is 25.4 Å². The maximum Gasteiger partial charge on any atom is 0.252 e. The Morgan fingerprint density at radius 3 is 2.59 bits per heavy atom. The van der Waals surface area contributed by atoms with Crippen molar-refractivity contribution in [1.29, 1.82) is 0 Å². The topological polar surface area (TPSA) is 63.4 Å². The molecule has 0 atom stereocenters. The molecule has 0 N–H and O–H groups in total. The summed E-state index contributed by atoms with van der Waals surface area (Å²) in [6.45, 7) is 3.90. The molecule has 0 spiro atoms. The first kappa shape index (κ1) is 19.7. The number of rotatable bonds is 4. The first-order valence-electron chi connectivity index (χ1n) is 9.09. The van der Waals surface area contributed by atoms with Gasteiger partial charge >= 0.3 is 0 Å². The third-order valence-electron chi connectivity index (χ3n) is 5.09. The SMILES string of the molecule is O=S(=O)(c1ccc(Br)s1)N1CCN(Cn2nc3n(c2=S)CCCCC3)CC1. The third kappa shape index (κ3) is 4.08. The van der Waals surface area contributed by atoms with Gasteiger partial charge in [-0.2, -0.15) is 9.40 Å². The number of piperazine rings is 1. The van der Waals surface area contributed by atoms with Crippen LogP contribution in [0.1, 0.15) is 25.1 Å². The minimum atomic E-state index is -3.40. The second-order valence-electron chi connectivity index (χ2n) is 6.88. The first-order chi connectivity index (χ1) is 12.9. The predicted molar refractivity (Wildman–Crippen MR) is 111 cm³/mol. The van der Waals surface area contributed by atoms with Gasteiger partial charge in [-0.1, -0.05) is 6.42 Å². The van der Waals surface area contributed by atoms with Crippen molar-refractivity contribution in [3.8, 4) is 0 Å². The van der Waals surface area contributed by atoms with Gasteiger partial charge in [-0.3, -0.25) is 4.90 Å². The van der Waals surface area contributed by atoms with E-state index in [1.54, 1.807) is 16.4 Å². The third-order valence-corrected chi connectivity index (χ3v) is 9.51. The van der Waals surface area contributed by atoms with Crippen molar-refractivity contribution in [3.63, 3.8) is 0 Å². The Kier molecular flexibility index (Phi) is 5.87. The van der Waals surface area contributed by atoms with Crippen molar-refractivity contribution in [1.82, 2.24) is 23.6 Å². The number of aryl methyl sites for hydroxylation is 1. The van der Waals surface area contributed by atoms with E-state index in [4.69, 9.17) is 17.3 Å². The summed E-state index contributed by atoms with van der Waals surface area (Å²) in [5.74, 6) is 1.09. The van der Waals surface area contributed by atoms with E-state index in [1.165, 1.54) is 24.2 Å². The summed E-state index contributed by atoms with van der Waals surface area (Å²) < 4.78 is 33.1. The van der Waals surface area contributed by atoms with E-state index >= 15 is 0 Å². The molecule has 0 bridgehead atoms. The molecular formula is C16H22BrN5O2S3. The van der Waals surface area contributed by atoms with Crippen molar-refractivity contribution < 1.29 is 8.42 Å². The maximum atomic E-state index is 12.7. The van der Waals surface area contributed by atoms with Gasteiger partial charge < -0.3 is 4.57 Å². The molecule has 2 aliphatic heterocycles. The number of sulfonamides is 1. The van der Waals surface area contributed by atoms with Gasteiger partial charge in [0.15, 0.2) is 4.77 Å². The van der Waals surface area contributed by atoms with Gasteiger partial charge in [-0.15, -0.1) is 11.3 Å². The van der Waals surface area contributed by atoms with Crippen LogP contribution < -0.4 is 0 Å². The Balaban J connectivity index is 1.41. The van der Waals surface area contributed by atoms with Gasteiger partial charge in [0.2, 0.25) is 0 Å². The summed E-state index contributed by atoms with van der Waals surface area (Å²) in [6.07, 6.45) is 4.54. The van der Waals surface area contributed by atoms with Crippen molar-refractivity contribution in [2.75, 3.05) is 26.2 Å². The minimum absolute atomic E-state index is 0.392. The lowest BCUT2D eigenvalue weighted by Crippen LogP contribution is -2.48. The van der Waals surface area contributed by atoms with Crippen LogP contribution in [0.2, 0.25) is 0 Å². The van der Waals surface area contributed by atoms with E-state index in [9.17, 15) is 8.42 Å². The molecule has 1 fully saturated rings. The summed E-state index contributed by atoms with van der Waals surface area (Å²) in [5, 5.41) is 4.72. The Labute approximate surface area is 176 Å². The number of nitrogens with zero attached hydrogens (tertiary/aromatic N) is 5. The van der Waals surface area contributed by atoms with E-state index in [1.807, 2.05) is 4.68 Å². The molecule has 27 heavy (non-hydrogen) atoms. The van der Waals surface area contributed by atoms with Crippen LogP contribution in [0.25, 0.3) is 0 Å². The number of fused-ring (bicyclic) bond motifs is 1. The largest absolute Gasteiger partial charge is 0.304 e. The molecule has 1 saturated heterocycles. The summed E-state index contributed by atoms with van der Waals surface area (Å²) >= 11 is 10.2. The van der Waals surface area contributed by atoms with Gasteiger partial charge in [0.25, 0.3) is 10.0 Å². The molecule has 148 valence electrons. The molecule has 7 nitrogen and oxygen atoms in total. The molecular weight excluding hydrogens is 470 g/mol. The highest BCUT2D eigenvalue weighted by Gasteiger charge is 2.30. The molecule has 2 aromatic rings. The van der Waals surface area contributed by atoms with Crippen LogP contribution in [-0.2, 0) is 29.7 Å². The average molecular weight is 492 g/mol. The zero-order valence-corrected chi connectivity index (χ0v) is 18.9. The van der Waals surface area contributed by atoms with Gasteiger partial charge in [0.05, 0.1) is 10.5 Å². The number of thiophene rings is 1. The van der Waals surface area contributed by atoms with Crippen molar-refractivity contribution >= 4 is 49.5 Å². The van der Waals surface area contributed by atoms with Crippen LogP contribution in [-0.4, -0.2) is 58.1 Å². The van der Waals surface area contributed by atoms with Crippen LogP contribution in [0.15, 0.2) is 20.1 Å². The smallest absolute Gasteiger partial charge is 0.252 e. The van der Waals surface area contributed by atoms with Crippen LogP contribution in [0.5, 0.6) is 0 Å².